The summed E-state index contributed by atoms with van der Waals surface area (Å²) in [6.45, 7) is 13.3. The van der Waals surface area contributed by atoms with Gasteiger partial charge in [0.05, 0.1) is 0 Å². The minimum absolute atomic E-state index is 0.522. The lowest BCUT2D eigenvalue weighted by atomic mass is 10.3. The lowest BCUT2D eigenvalue weighted by molar-refractivity contribution is 0.580. The van der Waals surface area contributed by atoms with E-state index in [4.69, 9.17) is 0 Å². The first-order chi connectivity index (χ1) is 8.02. The molecule has 1 heterocycles. The van der Waals surface area contributed by atoms with Crippen LogP contribution < -0.4 is 10.2 Å². The molecule has 0 radical (unpaired) electrons. The Hall–Kier alpha value is -1.16. The summed E-state index contributed by atoms with van der Waals surface area (Å²) in [6.07, 6.45) is 0. The standard InChI is InChI=1S/C13H24N4/c1-6-17(8-7-14-10(2)3)13-15-11(4)9-12(5)16-13/h9-10,14H,6-8H2,1-5H3. The summed E-state index contributed by atoms with van der Waals surface area (Å²) in [6, 6.07) is 2.53. The van der Waals surface area contributed by atoms with Crippen molar-refractivity contribution in [2.24, 2.45) is 0 Å². The smallest absolute Gasteiger partial charge is 0.225 e. The highest BCUT2D eigenvalue weighted by molar-refractivity contribution is 5.31. The molecule has 0 aliphatic rings. The Balaban J connectivity index is 2.65. The molecule has 0 aliphatic carbocycles. The zero-order valence-electron chi connectivity index (χ0n) is 11.6. The van der Waals surface area contributed by atoms with Gasteiger partial charge in [-0.15, -0.1) is 0 Å². The maximum absolute atomic E-state index is 4.49. The topological polar surface area (TPSA) is 41.0 Å². The Labute approximate surface area is 104 Å². The number of anilines is 1. The first-order valence-electron chi connectivity index (χ1n) is 6.33. The van der Waals surface area contributed by atoms with Gasteiger partial charge in [-0.25, -0.2) is 9.97 Å². The molecular weight excluding hydrogens is 212 g/mol. The van der Waals surface area contributed by atoms with Crippen LogP contribution in [0, 0.1) is 13.8 Å². The third-order valence-corrected chi connectivity index (χ3v) is 2.57. The Kier molecular flexibility index (Phi) is 5.35. The normalized spacial score (nSPS) is 10.9. The Morgan fingerprint density at radius 2 is 1.82 bits per heavy atom. The predicted octanol–water partition coefficient (Wildman–Crippen LogP) is 1.92. The fourth-order valence-electron chi connectivity index (χ4n) is 1.74. The molecule has 0 fully saturated rings. The van der Waals surface area contributed by atoms with Crippen LogP contribution in [-0.4, -0.2) is 35.6 Å². The van der Waals surface area contributed by atoms with E-state index in [0.717, 1.165) is 37.0 Å². The second kappa shape index (κ2) is 6.55. The zero-order valence-corrected chi connectivity index (χ0v) is 11.6. The van der Waals surface area contributed by atoms with Crippen LogP contribution in [0.4, 0.5) is 5.95 Å². The average Bonchev–Trinajstić information content (AvgIpc) is 2.22. The highest BCUT2D eigenvalue weighted by atomic mass is 15.3. The second-order valence-electron chi connectivity index (χ2n) is 4.64. The number of aryl methyl sites for hydroxylation is 2. The molecule has 4 heteroatoms. The molecule has 17 heavy (non-hydrogen) atoms. The number of nitrogens with zero attached hydrogens (tertiary/aromatic N) is 3. The van der Waals surface area contributed by atoms with Gasteiger partial charge in [0.15, 0.2) is 0 Å². The molecule has 0 aromatic carbocycles. The number of hydrogen-bond donors (Lipinski definition) is 1. The lowest BCUT2D eigenvalue weighted by Crippen LogP contribution is -2.35. The molecule has 0 spiro atoms. The minimum atomic E-state index is 0.522. The molecule has 0 amide bonds. The van der Waals surface area contributed by atoms with Crippen LogP contribution >= 0.6 is 0 Å². The average molecular weight is 236 g/mol. The Morgan fingerprint density at radius 1 is 1.24 bits per heavy atom. The summed E-state index contributed by atoms with van der Waals surface area (Å²) in [7, 11) is 0. The van der Waals surface area contributed by atoms with Crippen LogP contribution in [0.1, 0.15) is 32.2 Å². The fourth-order valence-corrected chi connectivity index (χ4v) is 1.74. The molecule has 96 valence electrons. The van der Waals surface area contributed by atoms with Crippen LogP contribution in [0.2, 0.25) is 0 Å². The van der Waals surface area contributed by atoms with Crippen molar-refractivity contribution in [3.8, 4) is 0 Å². The number of rotatable bonds is 6. The van der Waals surface area contributed by atoms with Crippen molar-refractivity contribution < 1.29 is 0 Å². The van der Waals surface area contributed by atoms with Gasteiger partial charge in [-0.05, 0) is 26.8 Å². The molecule has 0 atom stereocenters. The van der Waals surface area contributed by atoms with Gasteiger partial charge in [0.25, 0.3) is 0 Å². The van der Waals surface area contributed by atoms with E-state index in [1.807, 2.05) is 19.9 Å². The molecule has 0 saturated carbocycles. The van der Waals surface area contributed by atoms with Crippen molar-refractivity contribution in [2.75, 3.05) is 24.5 Å². The Bertz CT molecular complexity index is 329. The fraction of sp³-hybridized carbons (Fsp3) is 0.692. The summed E-state index contributed by atoms with van der Waals surface area (Å²) in [5.74, 6) is 0.843. The molecule has 0 bridgehead atoms. The summed E-state index contributed by atoms with van der Waals surface area (Å²) in [4.78, 5) is 11.2. The molecule has 0 unspecified atom stereocenters. The van der Waals surface area contributed by atoms with Gasteiger partial charge in [-0.2, -0.15) is 0 Å². The maximum atomic E-state index is 4.49. The van der Waals surface area contributed by atoms with E-state index in [9.17, 15) is 0 Å². The molecule has 0 saturated heterocycles. The van der Waals surface area contributed by atoms with E-state index >= 15 is 0 Å². The van der Waals surface area contributed by atoms with Crippen molar-refractivity contribution >= 4 is 5.95 Å². The van der Waals surface area contributed by atoms with Crippen LogP contribution in [-0.2, 0) is 0 Å². The zero-order chi connectivity index (χ0) is 12.8. The highest BCUT2D eigenvalue weighted by Crippen LogP contribution is 2.09. The van der Waals surface area contributed by atoms with E-state index < -0.39 is 0 Å². The molecule has 4 nitrogen and oxygen atoms in total. The monoisotopic (exact) mass is 236 g/mol. The maximum Gasteiger partial charge on any atom is 0.225 e. The van der Waals surface area contributed by atoms with Crippen molar-refractivity contribution in [3.63, 3.8) is 0 Å². The molecule has 1 aromatic rings. The van der Waals surface area contributed by atoms with Gasteiger partial charge in [-0.3, -0.25) is 0 Å². The van der Waals surface area contributed by atoms with Crippen molar-refractivity contribution in [1.82, 2.24) is 15.3 Å². The Morgan fingerprint density at radius 3 is 2.29 bits per heavy atom. The first kappa shape index (κ1) is 13.9. The van der Waals surface area contributed by atoms with Crippen molar-refractivity contribution in [3.05, 3.63) is 17.5 Å². The number of nitrogens with one attached hydrogen (secondary N) is 1. The van der Waals surface area contributed by atoms with Gasteiger partial charge >= 0.3 is 0 Å². The summed E-state index contributed by atoms with van der Waals surface area (Å²) in [5.41, 5.74) is 2.06. The molecule has 1 N–H and O–H groups in total. The van der Waals surface area contributed by atoms with Gasteiger partial charge in [0.1, 0.15) is 0 Å². The molecule has 0 aliphatic heterocycles. The molecule has 1 aromatic heterocycles. The van der Waals surface area contributed by atoms with Crippen molar-refractivity contribution in [1.29, 1.82) is 0 Å². The number of hydrogen-bond acceptors (Lipinski definition) is 4. The van der Waals surface area contributed by atoms with Gasteiger partial charge < -0.3 is 10.2 Å². The molecule has 1 rings (SSSR count). The predicted molar refractivity (Wildman–Crippen MR) is 72.5 cm³/mol. The minimum Gasteiger partial charge on any atom is -0.340 e. The third kappa shape index (κ3) is 4.69. The van der Waals surface area contributed by atoms with Crippen LogP contribution in [0.25, 0.3) is 0 Å². The first-order valence-corrected chi connectivity index (χ1v) is 6.33. The van der Waals surface area contributed by atoms with E-state index in [-0.39, 0.29) is 0 Å². The van der Waals surface area contributed by atoms with Crippen molar-refractivity contribution in [2.45, 2.75) is 40.7 Å². The SMILES string of the molecule is CCN(CCNC(C)C)c1nc(C)cc(C)n1. The highest BCUT2D eigenvalue weighted by Gasteiger charge is 2.08. The summed E-state index contributed by atoms with van der Waals surface area (Å²) >= 11 is 0. The van der Waals surface area contributed by atoms with E-state index in [2.05, 4.69) is 41.0 Å². The quantitative estimate of drug-likeness (QED) is 0.819. The number of aromatic nitrogens is 2. The lowest BCUT2D eigenvalue weighted by Gasteiger charge is -2.22. The van der Waals surface area contributed by atoms with E-state index in [1.165, 1.54) is 0 Å². The van der Waals surface area contributed by atoms with E-state index in [0.29, 0.717) is 6.04 Å². The second-order valence-corrected chi connectivity index (χ2v) is 4.64. The van der Waals surface area contributed by atoms with Gasteiger partial charge in [0.2, 0.25) is 5.95 Å². The van der Waals surface area contributed by atoms with Crippen LogP contribution in [0.3, 0.4) is 0 Å². The van der Waals surface area contributed by atoms with Gasteiger partial charge in [0, 0.05) is 37.1 Å². The van der Waals surface area contributed by atoms with Crippen LogP contribution in [0.15, 0.2) is 6.07 Å². The van der Waals surface area contributed by atoms with Crippen LogP contribution in [0.5, 0.6) is 0 Å². The molecular formula is C13H24N4. The summed E-state index contributed by atoms with van der Waals surface area (Å²) < 4.78 is 0. The van der Waals surface area contributed by atoms with Gasteiger partial charge in [-0.1, -0.05) is 13.8 Å². The van der Waals surface area contributed by atoms with E-state index in [1.54, 1.807) is 0 Å². The number of likely N-dealkylation sites (N-methyl/N-ethyl adjacent to an activating group) is 1. The summed E-state index contributed by atoms with van der Waals surface area (Å²) in [5, 5.41) is 3.41. The third-order valence-electron chi connectivity index (χ3n) is 2.57. The largest absolute Gasteiger partial charge is 0.340 e.